The number of benzene rings is 2. The van der Waals surface area contributed by atoms with Gasteiger partial charge in [-0.3, -0.25) is 4.79 Å². The molecule has 0 saturated carbocycles. The number of nitrogens with two attached hydrogens (primary N) is 1. The normalized spacial score (nSPS) is 10.0. The first kappa shape index (κ1) is 16.6. The van der Waals surface area contributed by atoms with Crippen molar-refractivity contribution in [3.05, 3.63) is 53.1 Å². The average molecular weight is 335 g/mol. The summed E-state index contributed by atoms with van der Waals surface area (Å²) in [6, 6.07) is 11.2. The van der Waals surface area contributed by atoms with E-state index in [-0.39, 0.29) is 11.3 Å². The first-order valence-electron chi connectivity index (χ1n) is 6.66. The lowest BCUT2D eigenvalue weighted by atomic mass is 10.2. The van der Waals surface area contributed by atoms with Gasteiger partial charge in [0.2, 0.25) is 0 Å². The molecule has 0 atom stereocenters. The second-order valence-corrected chi connectivity index (χ2v) is 4.99. The van der Waals surface area contributed by atoms with Crippen LogP contribution in [0.5, 0.6) is 5.75 Å². The zero-order valence-electron chi connectivity index (χ0n) is 12.3. The molecule has 2 rings (SSSR count). The van der Waals surface area contributed by atoms with Crippen LogP contribution in [-0.2, 0) is 9.53 Å². The molecule has 23 heavy (non-hydrogen) atoms. The Balaban J connectivity index is 1.97. The Labute approximate surface area is 138 Å². The molecule has 0 spiro atoms. The van der Waals surface area contributed by atoms with Gasteiger partial charge in [0.15, 0.2) is 6.61 Å². The monoisotopic (exact) mass is 334 g/mol. The summed E-state index contributed by atoms with van der Waals surface area (Å²) in [5.41, 5.74) is 6.56. The summed E-state index contributed by atoms with van der Waals surface area (Å²) in [5, 5.41) is 3.01. The molecule has 120 valence electrons. The van der Waals surface area contributed by atoms with Crippen LogP contribution in [0.3, 0.4) is 0 Å². The third-order valence-corrected chi connectivity index (χ3v) is 3.19. The van der Waals surface area contributed by atoms with E-state index >= 15 is 0 Å². The number of methoxy groups -OCH3 is 1. The fourth-order valence-corrected chi connectivity index (χ4v) is 2.03. The van der Waals surface area contributed by atoms with Crippen molar-refractivity contribution in [3.63, 3.8) is 0 Å². The highest BCUT2D eigenvalue weighted by molar-refractivity contribution is 6.31. The molecule has 2 aromatic carbocycles. The molecule has 7 heteroatoms. The van der Waals surface area contributed by atoms with Gasteiger partial charge in [-0.15, -0.1) is 0 Å². The number of amides is 1. The van der Waals surface area contributed by atoms with Gasteiger partial charge in [0.05, 0.1) is 18.4 Å². The van der Waals surface area contributed by atoms with Crippen LogP contribution in [0, 0.1) is 0 Å². The fourth-order valence-electron chi connectivity index (χ4n) is 1.86. The minimum absolute atomic E-state index is 0.209. The Morgan fingerprint density at radius 1 is 1.22 bits per heavy atom. The molecule has 1 amide bonds. The molecular formula is C16H15ClN2O4. The lowest BCUT2D eigenvalue weighted by molar-refractivity contribution is -0.119. The molecule has 0 radical (unpaired) electrons. The molecule has 3 N–H and O–H groups in total. The van der Waals surface area contributed by atoms with Gasteiger partial charge in [-0.25, -0.2) is 4.79 Å². The maximum absolute atomic E-state index is 11.9. The van der Waals surface area contributed by atoms with E-state index in [0.29, 0.717) is 16.5 Å². The van der Waals surface area contributed by atoms with E-state index in [0.717, 1.165) is 0 Å². The number of hydrogen-bond donors (Lipinski definition) is 2. The van der Waals surface area contributed by atoms with Crippen molar-refractivity contribution in [2.75, 3.05) is 24.8 Å². The number of ether oxygens (including phenoxy) is 2. The van der Waals surface area contributed by atoms with E-state index < -0.39 is 18.5 Å². The van der Waals surface area contributed by atoms with Gasteiger partial charge in [0, 0.05) is 10.7 Å². The van der Waals surface area contributed by atoms with E-state index in [2.05, 4.69) is 5.32 Å². The van der Waals surface area contributed by atoms with Crippen LogP contribution < -0.4 is 15.8 Å². The van der Waals surface area contributed by atoms with Crippen LogP contribution >= 0.6 is 11.6 Å². The highest BCUT2D eigenvalue weighted by Crippen LogP contribution is 2.27. The molecular weight excluding hydrogens is 320 g/mol. The average Bonchev–Trinajstić information content (AvgIpc) is 2.53. The van der Waals surface area contributed by atoms with Crippen LogP contribution in [0.2, 0.25) is 5.02 Å². The lowest BCUT2D eigenvalue weighted by Gasteiger charge is -2.11. The third-order valence-electron chi connectivity index (χ3n) is 2.95. The Hall–Kier alpha value is -2.73. The van der Waals surface area contributed by atoms with Crippen LogP contribution in [0.4, 0.5) is 11.4 Å². The van der Waals surface area contributed by atoms with Crippen LogP contribution in [0.1, 0.15) is 10.4 Å². The molecule has 6 nitrogen and oxygen atoms in total. The summed E-state index contributed by atoms with van der Waals surface area (Å²) in [5.74, 6) is -0.744. The molecule has 0 bridgehead atoms. The van der Waals surface area contributed by atoms with Gasteiger partial charge in [-0.05, 0) is 30.3 Å². The number of esters is 1. The Morgan fingerprint density at radius 3 is 2.65 bits per heavy atom. The number of nitrogen functional groups attached to an aromatic ring is 1. The van der Waals surface area contributed by atoms with Gasteiger partial charge in [-0.2, -0.15) is 0 Å². The number of hydrogen-bond acceptors (Lipinski definition) is 5. The van der Waals surface area contributed by atoms with Gasteiger partial charge >= 0.3 is 5.97 Å². The number of anilines is 2. The summed E-state index contributed by atoms with van der Waals surface area (Å²) in [6.45, 7) is -0.456. The van der Waals surface area contributed by atoms with Crippen molar-refractivity contribution in [1.82, 2.24) is 0 Å². The zero-order chi connectivity index (χ0) is 16.8. The number of nitrogens with one attached hydrogen (secondary N) is 1. The minimum atomic E-state index is -0.670. The molecule has 0 heterocycles. The third kappa shape index (κ3) is 4.37. The van der Waals surface area contributed by atoms with Gasteiger partial charge < -0.3 is 20.5 Å². The van der Waals surface area contributed by atoms with E-state index in [9.17, 15) is 9.59 Å². The maximum Gasteiger partial charge on any atom is 0.340 e. The molecule has 0 aliphatic carbocycles. The zero-order valence-corrected chi connectivity index (χ0v) is 13.1. The molecule has 0 aliphatic heterocycles. The van der Waals surface area contributed by atoms with Crippen molar-refractivity contribution in [2.45, 2.75) is 0 Å². The van der Waals surface area contributed by atoms with Gasteiger partial charge in [0.1, 0.15) is 5.75 Å². The van der Waals surface area contributed by atoms with Crippen molar-refractivity contribution in [3.8, 4) is 5.75 Å². The second-order valence-electron chi connectivity index (χ2n) is 4.56. The Kier molecular flexibility index (Phi) is 5.43. The standard InChI is InChI=1S/C16H15ClN2O4/c1-22-14-7-6-10(17)8-13(14)19-15(20)9-23-16(21)11-4-2-3-5-12(11)18/h2-8H,9,18H2,1H3,(H,19,20). The van der Waals surface area contributed by atoms with Crippen molar-refractivity contribution in [2.24, 2.45) is 0 Å². The quantitative estimate of drug-likeness (QED) is 0.648. The van der Waals surface area contributed by atoms with Gasteiger partial charge in [-0.1, -0.05) is 23.7 Å². The minimum Gasteiger partial charge on any atom is -0.495 e. The van der Waals surface area contributed by atoms with Crippen LogP contribution in [-0.4, -0.2) is 25.6 Å². The molecule has 0 unspecified atom stereocenters. The van der Waals surface area contributed by atoms with E-state index in [1.165, 1.54) is 19.2 Å². The van der Waals surface area contributed by atoms with E-state index in [4.69, 9.17) is 26.8 Å². The molecule has 2 aromatic rings. The van der Waals surface area contributed by atoms with E-state index in [1.54, 1.807) is 30.3 Å². The summed E-state index contributed by atoms with van der Waals surface area (Å²) in [4.78, 5) is 23.8. The van der Waals surface area contributed by atoms with Crippen molar-refractivity contribution in [1.29, 1.82) is 0 Å². The fraction of sp³-hybridized carbons (Fsp3) is 0.125. The number of halogens is 1. The summed E-state index contributed by atoms with van der Waals surface area (Å²) in [6.07, 6.45) is 0. The Bertz CT molecular complexity index is 734. The van der Waals surface area contributed by atoms with Crippen molar-refractivity contribution < 1.29 is 19.1 Å². The topological polar surface area (TPSA) is 90.6 Å². The molecule has 0 saturated heterocycles. The lowest BCUT2D eigenvalue weighted by Crippen LogP contribution is -2.21. The van der Waals surface area contributed by atoms with Crippen LogP contribution in [0.25, 0.3) is 0 Å². The van der Waals surface area contributed by atoms with Gasteiger partial charge in [0.25, 0.3) is 5.91 Å². The molecule has 0 fully saturated rings. The summed E-state index contributed by atoms with van der Waals surface area (Å²) < 4.78 is 10.1. The number of carbonyl (C=O) groups is 2. The highest BCUT2D eigenvalue weighted by atomic mass is 35.5. The largest absolute Gasteiger partial charge is 0.495 e. The molecule has 0 aromatic heterocycles. The highest BCUT2D eigenvalue weighted by Gasteiger charge is 2.14. The maximum atomic E-state index is 11.9. The summed E-state index contributed by atoms with van der Waals surface area (Å²) >= 11 is 5.88. The SMILES string of the molecule is COc1ccc(Cl)cc1NC(=O)COC(=O)c1ccccc1N. The second kappa shape index (κ2) is 7.51. The number of carbonyl (C=O) groups excluding carboxylic acids is 2. The number of para-hydroxylation sites is 1. The van der Waals surface area contributed by atoms with E-state index in [1.807, 2.05) is 0 Å². The smallest absolute Gasteiger partial charge is 0.340 e. The molecule has 0 aliphatic rings. The first-order chi connectivity index (χ1) is 11.0. The van der Waals surface area contributed by atoms with Crippen molar-refractivity contribution >= 4 is 34.9 Å². The summed E-state index contributed by atoms with van der Waals surface area (Å²) in [7, 11) is 1.47. The predicted molar refractivity (Wildman–Crippen MR) is 87.8 cm³/mol. The van der Waals surface area contributed by atoms with Crippen LogP contribution in [0.15, 0.2) is 42.5 Å². The predicted octanol–water partition coefficient (Wildman–Crippen LogP) is 2.73. The number of rotatable bonds is 5. The first-order valence-corrected chi connectivity index (χ1v) is 7.04. The Morgan fingerprint density at radius 2 is 1.96 bits per heavy atom.